The maximum atomic E-state index is 5.95. The predicted molar refractivity (Wildman–Crippen MR) is 92.5 cm³/mol. The molecule has 5 nitrogen and oxygen atoms in total. The minimum atomic E-state index is 0.678. The van der Waals surface area contributed by atoms with Crippen molar-refractivity contribution in [3.05, 3.63) is 65.4 Å². The number of aromatic nitrogens is 4. The fourth-order valence-electron chi connectivity index (χ4n) is 2.56. The Morgan fingerprint density at radius 3 is 2.65 bits per heavy atom. The van der Waals surface area contributed by atoms with E-state index in [2.05, 4.69) is 31.8 Å². The van der Waals surface area contributed by atoms with Gasteiger partial charge < -0.3 is 5.32 Å². The van der Waals surface area contributed by atoms with E-state index in [1.165, 1.54) is 0 Å². The summed E-state index contributed by atoms with van der Waals surface area (Å²) in [5.41, 5.74) is 5.23. The van der Waals surface area contributed by atoms with Crippen molar-refractivity contribution in [3.8, 4) is 11.3 Å². The summed E-state index contributed by atoms with van der Waals surface area (Å²) in [5, 5.41) is 19.4. The van der Waals surface area contributed by atoms with E-state index < -0.39 is 0 Å². The molecule has 0 spiro atoms. The maximum absolute atomic E-state index is 5.95. The first-order valence-corrected chi connectivity index (χ1v) is 7.62. The molecule has 0 atom stereocenters. The van der Waals surface area contributed by atoms with E-state index in [-0.39, 0.29) is 0 Å². The van der Waals surface area contributed by atoms with Gasteiger partial charge in [-0.1, -0.05) is 23.7 Å². The standard InChI is InChI=1S/C17H14ClN5/c18-14-3-1-11(2-4-14)17-13(10-21-23-17)8-19-15-5-6-16-12(7-15)9-20-22-16/h1-7,9-10,19H,8H2,(H,20,22)(H,21,23). The molecular weight excluding hydrogens is 310 g/mol. The van der Waals surface area contributed by atoms with Crippen LogP contribution in [0.1, 0.15) is 5.56 Å². The zero-order valence-corrected chi connectivity index (χ0v) is 12.9. The minimum Gasteiger partial charge on any atom is -0.381 e. The van der Waals surface area contributed by atoms with Crippen LogP contribution >= 0.6 is 11.6 Å². The molecule has 2 heterocycles. The van der Waals surface area contributed by atoms with Crippen molar-refractivity contribution in [2.75, 3.05) is 5.32 Å². The molecule has 4 rings (SSSR count). The third-order valence-corrected chi connectivity index (χ3v) is 4.03. The fourth-order valence-corrected chi connectivity index (χ4v) is 2.69. The molecule has 0 aliphatic heterocycles. The van der Waals surface area contributed by atoms with E-state index in [1.807, 2.05) is 48.8 Å². The van der Waals surface area contributed by atoms with Crippen LogP contribution in [-0.2, 0) is 6.54 Å². The quantitative estimate of drug-likeness (QED) is 0.526. The van der Waals surface area contributed by atoms with E-state index in [9.17, 15) is 0 Å². The van der Waals surface area contributed by atoms with Crippen LogP contribution < -0.4 is 5.32 Å². The molecular formula is C17H14ClN5. The van der Waals surface area contributed by atoms with Gasteiger partial charge in [0.25, 0.3) is 0 Å². The van der Waals surface area contributed by atoms with E-state index in [4.69, 9.17) is 11.6 Å². The summed E-state index contributed by atoms with van der Waals surface area (Å²) >= 11 is 5.95. The van der Waals surface area contributed by atoms with Crippen molar-refractivity contribution < 1.29 is 0 Å². The minimum absolute atomic E-state index is 0.678. The van der Waals surface area contributed by atoms with Crippen molar-refractivity contribution in [2.24, 2.45) is 0 Å². The number of benzene rings is 2. The molecule has 3 N–H and O–H groups in total. The van der Waals surface area contributed by atoms with Crippen LogP contribution in [0.5, 0.6) is 0 Å². The molecule has 0 bridgehead atoms. The summed E-state index contributed by atoms with van der Waals surface area (Å²) in [6, 6.07) is 13.8. The summed E-state index contributed by atoms with van der Waals surface area (Å²) in [4.78, 5) is 0. The van der Waals surface area contributed by atoms with Crippen LogP contribution in [-0.4, -0.2) is 20.4 Å². The lowest BCUT2D eigenvalue weighted by molar-refractivity contribution is 1.10. The summed E-state index contributed by atoms with van der Waals surface area (Å²) in [6.07, 6.45) is 3.66. The topological polar surface area (TPSA) is 69.4 Å². The van der Waals surface area contributed by atoms with Crippen molar-refractivity contribution in [2.45, 2.75) is 6.54 Å². The number of halogens is 1. The first-order valence-electron chi connectivity index (χ1n) is 7.25. The second kappa shape index (κ2) is 5.78. The summed E-state index contributed by atoms with van der Waals surface area (Å²) in [6.45, 7) is 0.678. The number of nitrogens with one attached hydrogen (secondary N) is 3. The number of fused-ring (bicyclic) bond motifs is 1. The smallest absolute Gasteiger partial charge is 0.0700 e. The normalized spacial score (nSPS) is 11.0. The van der Waals surface area contributed by atoms with Gasteiger partial charge in [-0.05, 0) is 35.9 Å². The lowest BCUT2D eigenvalue weighted by atomic mass is 10.1. The third-order valence-electron chi connectivity index (χ3n) is 3.77. The molecule has 0 aliphatic rings. The van der Waals surface area contributed by atoms with Crippen LogP contribution in [0.4, 0.5) is 5.69 Å². The molecule has 114 valence electrons. The number of rotatable bonds is 4. The predicted octanol–water partition coefficient (Wildman–Crippen LogP) is 4.22. The highest BCUT2D eigenvalue weighted by Crippen LogP contribution is 2.24. The number of anilines is 1. The average Bonchev–Trinajstić information content (AvgIpc) is 3.22. The molecule has 0 aliphatic carbocycles. The molecule has 0 saturated heterocycles. The summed E-state index contributed by atoms with van der Waals surface area (Å²) < 4.78 is 0. The van der Waals surface area contributed by atoms with Gasteiger partial charge in [0.15, 0.2) is 0 Å². The highest BCUT2D eigenvalue weighted by Gasteiger charge is 2.08. The average molecular weight is 324 g/mol. The van der Waals surface area contributed by atoms with Gasteiger partial charge in [0.2, 0.25) is 0 Å². The van der Waals surface area contributed by atoms with E-state index in [1.54, 1.807) is 0 Å². The SMILES string of the molecule is Clc1ccc(-c2[nH]ncc2CNc2ccc3[nH]ncc3c2)cc1. The Kier molecular flexibility index (Phi) is 3.48. The first kappa shape index (κ1) is 13.8. The Labute approximate surface area is 137 Å². The lowest BCUT2D eigenvalue weighted by Crippen LogP contribution is -1.99. The Morgan fingerprint density at radius 1 is 0.957 bits per heavy atom. The lowest BCUT2D eigenvalue weighted by Gasteiger charge is -2.07. The Hall–Kier alpha value is -2.79. The Bertz CT molecular complexity index is 939. The molecule has 0 radical (unpaired) electrons. The highest BCUT2D eigenvalue weighted by molar-refractivity contribution is 6.30. The van der Waals surface area contributed by atoms with Gasteiger partial charge in [-0.25, -0.2) is 0 Å². The zero-order chi connectivity index (χ0) is 15.6. The molecule has 2 aromatic heterocycles. The molecule has 6 heteroatoms. The Morgan fingerprint density at radius 2 is 1.78 bits per heavy atom. The van der Waals surface area contributed by atoms with Crippen molar-refractivity contribution in [3.63, 3.8) is 0 Å². The maximum Gasteiger partial charge on any atom is 0.0700 e. The van der Waals surface area contributed by atoms with E-state index in [0.29, 0.717) is 6.54 Å². The molecule has 0 fully saturated rings. The Balaban J connectivity index is 1.55. The van der Waals surface area contributed by atoms with Crippen molar-refractivity contribution in [1.29, 1.82) is 0 Å². The molecule has 2 aromatic carbocycles. The number of H-pyrrole nitrogens is 2. The number of hydrogen-bond donors (Lipinski definition) is 3. The number of aromatic amines is 2. The van der Waals surface area contributed by atoms with Gasteiger partial charge >= 0.3 is 0 Å². The largest absolute Gasteiger partial charge is 0.381 e. The molecule has 0 unspecified atom stereocenters. The summed E-state index contributed by atoms with van der Waals surface area (Å²) in [5.74, 6) is 0. The highest BCUT2D eigenvalue weighted by atomic mass is 35.5. The van der Waals surface area contributed by atoms with Crippen LogP contribution in [0.15, 0.2) is 54.9 Å². The first-order chi connectivity index (χ1) is 11.3. The third kappa shape index (κ3) is 2.78. The molecule has 4 aromatic rings. The number of hydrogen-bond acceptors (Lipinski definition) is 3. The van der Waals surface area contributed by atoms with Crippen LogP contribution in [0, 0.1) is 0 Å². The van der Waals surface area contributed by atoms with Crippen LogP contribution in [0.3, 0.4) is 0 Å². The molecule has 0 saturated carbocycles. The van der Waals surface area contributed by atoms with Gasteiger partial charge in [-0.2, -0.15) is 10.2 Å². The van der Waals surface area contributed by atoms with Gasteiger partial charge in [0, 0.05) is 28.2 Å². The fraction of sp³-hybridized carbons (Fsp3) is 0.0588. The molecule has 23 heavy (non-hydrogen) atoms. The van der Waals surface area contributed by atoms with Gasteiger partial charge in [-0.15, -0.1) is 0 Å². The second-order valence-electron chi connectivity index (χ2n) is 5.30. The zero-order valence-electron chi connectivity index (χ0n) is 12.2. The van der Waals surface area contributed by atoms with Crippen LogP contribution in [0.2, 0.25) is 5.02 Å². The van der Waals surface area contributed by atoms with Crippen molar-refractivity contribution in [1.82, 2.24) is 20.4 Å². The summed E-state index contributed by atoms with van der Waals surface area (Å²) in [7, 11) is 0. The number of nitrogens with zero attached hydrogens (tertiary/aromatic N) is 2. The van der Waals surface area contributed by atoms with Gasteiger partial charge in [0.1, 0.15) is 0 Å². The van der Waals surface area contributed by atoms with E-state index in [0.717, 1.165) is 38.4 Å². The molecule has 0 amide bonds. The van der Waals surface area contributed by atoms with Gasteiger partial charge in [-0.3, -0.25) is 10.2 Å². The van der Waals surface area contributed by atoms with E-state index >= 15 is 0 Å². The van der Waals surface area contributed by atoms with Crippen molar-refractivity contribution >= 4 is 28.2 Å². The van der Waals surface area contributed by atoms with Crippen LogP contribution in [0.25, 0.3) is 22.2 Å². The second-order valence-corrected chi connectivity index (χ2v) is 5.74. The monoisotopic (exact) mass is 323 g/mol. The van der Waals surface area contributed by atoms with Gasteiger partial charge in [0.05, 0.1) is 23.6 Å².